The lowest BCUT2D eigenvalue weighted by molar-refractivity contribution is -0.0233. The van der Waals surface area contributed by atoms with Crippen molar-refractivity contribution >= 4 is 15.9 Å². The highest BCUT2D eigenvalue weighted by molar-refractivity contribution is 9.10. The van der Waals surface area contributed by atoms with E-state index in [0.29, 0.717) is 6.10 Å². The lowest BCUT2D eigenvalue weighted by atomic mass is 9.83. The van der Waals surface area contributed by atoms with Gasteiger partial charge in [-0.2, -0.15) is 0 Å². The number of hydrogen-bond acceptors (Lipinski definition) is 1. The molecule has 1 aliphatic carbocycles. The van der Waals surface area contributed by atoms with Gasteiger partial charge in [0, 0.05) is 4.47 Å². The van der Waals surface area contributed by atoms with Gasteiger partial charge in [-0.05, 0) is 49.3 Å². The summed E-state index contributed by atoms with van der Waals surface area (Å²) in [6.45, 7) is 4.57. The van der Waals surface area contributed by atoms with Gasteiger partial charge in [-0.1, -0.05) is 47.0 Å². The van der Waals surface area contributed by atoms with E-state index < -0.39 is 0 Å². The molecule has 1 aliphatic rings. The number of rotatable bonds is 6. The van der Waals surface area contributed by atoms with Crippen LogP contribution in [0.3, 0.4) is 0 Å². The Bertz CT molecular complexity index is 385. The van der Waals surface area contributed by atoms with Crippen molar-refractivity contribution < 1.29 is 4.74 Å². The van der Waals surface area contributed by atoms with Crippen LogP contribution in [0.4, 0.5) is 0 Å². The van der Waals surface area contributed by atoms with E-state index in [4.69, 9.17) is 4.74 Å². The van der Waals surface area contributed by atoms with E-state index in [0.717, 1.165) is 23.4 Å². The van der Waals surface area contributed by atoms with Crippen LogP contribution in [0.2, 0.25) is 0 Å². The largest absolute Gasteiger partial charge is 0.373 e. The molecule has 1 fully saturated rings. The fourth-order valence-corrected chi connectivity index (χ4v) is 3.10. The second kappa shape index (κ2) is 7.86. The lowest BCUT2D eigenvalue weighted by Gasteiger charge is -2.31. The van der Waals surface area contributed by atoms with Crippen LogP contribution in [0.15, 0.2) is 41.4 Å². The fraction of sp³-hybridized carbons (Fsp3) is 0.529. The maximum Gasteiger partial charge on any atom is 0.0720 e. The summed E-state index contributed by atoms with van der Waals surface area (Å²) in [5.41, 5.74) is 1.26. The van der Waals surface area contributed by atoms with Gasteiger partial charge in [-0.15, -0.1) is 6.58 Å². The molecule has 19 heavy (non-hydrogen) atoms. The molecule has 0 saturated heterocycles. The zero-order valence-electron chi connectivity index (χ0n) is 11.5. The normalized spacial score (nSPS) is 23.2. The highest BCUT2D eigenvalue weighted by atomic mass is 79.9. The predicted molar refractivity (Wildman–Crippen MR) is 84.1 cm³/mol. The Hall–Kier alpha value is -0.600. The van der Waals surface area contributed by atoms with Gasteiger partial charge in [0.05, 0.1) is 12.7 Å². The first kappa shape index (κ1) is 14.8. The molecule has 2 atom stereocenters. The molecule has 1 nitrogen and oxygen atoms in total. The Labute approximate surface area is 125 Å². The van der Waals surface area contributed by atoms with Crippen molar-refractivity contribution in [1.29, 1.82) is 0 Å². The van der Waals surface area contributed by atoms with Crippen LogP contribution in [0.5, 0.6) is 0 Å². The van der Waals surface area contributed by atoms with Gasteiger partial charge in [-0.25, -0.2) is 0 Å². The molecule has 1 saturated carbocycles. The third kappa shape index (κ3) is 4.77. The SMILES string of the molecule is C=CCC[C@@H]1CCCC[C@H]1OCc1ccc(Br)cc1. The summed E-state index contributed by atoms with van der Waals surface area (Å²) >= 11 is 3.46. The molecule has 0 amide bonds. The van der Waals surface area contributed by atoms with Crippen molar-refractivity contribution in [3.8, 4) is 0 Å². The minimum atomic E-state index is 0.442. The van der Waals surface area contributed by atoms with Crippen LogP contribution in [0.1, 0.15) is 44.1 Å². The van der Waals surface area contributed by atoms with Gasteiger partial charge in [0.15, 0.2) is 0 Å². The average molecular weight is 323 g/mol. The van der Waals surface area contributed by atoms with Crippen LogP contribution >= 0.6 is 15.9 Å². The Morgan fingerprint density at radius 1 is 1.21 bits per heavy atom. The first-order valence-electron chi connectivity index (χ1n) is 7.26. The molecule has 0 spiro atoms. The zero-order valence-corrected chi connectivity index (χ0v) is 13.1. The van der Waals surface area contributed by atoms with Gasteiger partial charge in [0.1, 0.15) is 0 Å². The smallest absolute Gasteiger partial charge is 0.0720 e. The first-order chi connectivity index (χ1) is 9.29. The second-order valence-electron chi connectivity index (χ2n) is 5.39. The molecule has 2 rings (SSSR count). The summed E-state index contributed by atoms with van der Waals surface area (Å²) in [5.74, 6) is 0.724. The van der Waals surface area contributed by atoms with E-state index in [1.54, 1.807) is 0 Å². The van der Waals surface area contributed by atoms with Gasteiger partial charge in [0.25, 0.3) is 0 Å². The summed E-state index contributed by atoms with van der Waals surface area (Å²) < 4.78 is 7.29. The number of allylic oxidation sites excluding steroid dienone is 1. The monoisotopic (exact) mass is 322 g/mol. The third-order valence-corrected chi connectivity index (χ3v) is 4.49. The summed E-state index contributed by atoms with van der Waals surface area (Å²) in [6, 6.07) is 8.42. The van der Waals surface area contributed by atoms with Crippen molar-refractivity contribution in [3.05, 3.63) is 47.0 Å². The molecule has 2 heteroatoms. The molecule has 104 valence electrons. The third-order valence-electron chi connectivity index (χ3n) is 3.96. The molecule has 0 radical (unpaired) electrons. The molecule has 0 unspecified atom stereocenters. The molecule has 0 N–H and O–H groups in total. The lowest BCUT2D eigenvalue weighted by Crippen LogP contribution is -2.27. The summed E-state index contributed by atoms with van der Waals surface area (Å²) in [6.07, 6.45) is 10.0. The topological polar surface area (TPSA) is 9.23 Å². The summed E-state index contributed by atoms with van der Waals surface area (Å²) in [5, 5.41) is 0. The Morgan fingerprint density at radius 2 is 1.95 bits per heavy atom. The van der Waals surface area contributed by atoms with E-state index in [-0.39, 0.29) is 0 Å². The maximum absolute atomic E-state index is 6.17. The highest BCUT2D eigenvalue weighted by Gasteiger charge is 2.24. The van der Waals surface area contributed by atoms with Gasteiger partial charge >= 0.3 is 0 Å². The molecule has 0 heterocycles. The Kier molecular flexibility index (Phi) is 6.12. The van der Waals surface area contributed by atoms with Crippen molar-refractivity contribution in [2.75, 3.05) is 0 Å². The average Bonchev–Trinajstić information content (AvgIpc) is 2.45. The number of benzene rings is 1. The Morgan fingerprint density at radius 3 is 2.68 bits per heavy atom. The molecular weight excluding hydrogens is 300 g/mol. The summed E-state index contributed by atoms with van der Waals surface area (Å²) in [4.78, 5) is 0. The van der Waals surface area contributed by atoms with E-state index in [1.165, 1.54) is 37.7 Å². The van der Waals surface area contributed by atoms with Crippen LogP contribution < -0.4 is 0 Å². The number of ether oxygens (including phenoxy) is 1. The molecule has 0 aliphatic heterocycles. The second-order valence-corrected chi connectivity index (χ2v) is 6.30. The quantitative estimate of drug-likeness (QED) is 0.629. The van der Waals surface area contributed by atoms with Crippen molar-refractivity contribution in [2.45, 2.75) is 51.2 Å². The van der Waals surface area contributed by atoms with Crippen LogP contribution in [0, 0.1) is 5.92 Å². The van der Waals surface area contributed by atoms with Crippen molar-refractivity contribution in [3.63, 3.8) is 0 Å². The van der Waals surface area contributed by atoms with Crippen LogP contribution in [0.25, 0.3) is 0 Å². The van der Waals surface area contributed by atoms with Crippen molar-refractivity contribution in [2.24, 2.45) is 5.92 Å². The van der Waals surface area contributed by atoms with E-state index in [1.807, 2.05) is 6.08 Å². The molecule has 0 bridgehead atoms. The summed E-state index contributed by atoms with van der Waals surface area (Å²) in [7, 11) is 0. The number of hydrogen-bond donors (Lipinski definition) is 0. The highest BCUT2D eigenvalue weighted by Crippen LogP contribution is 2.31. The van der Waals surface area contributed by atoms with Crippen LogP contribution in [-0.2, 0) is 11.3 Å². The molecular formula is C17H23BrO. The first-order valence-corrected chi connectivity index (χ1v) is 8.06. The minimum Gasteiger partial charge on any atom is -0.373 e. The van der Waals surface area contributed by atoms with E-state index >= 15 is 0 Å². The van der Waals surface area contributed by atoms with Gasteiger partial charge < -0.3 is 4.74 Å². The molecule has 1 aromatic rings. The number of halogens is 1. The fourth-order valence-electron chi connectivity index (χ4n) is 2.84. The maximum atomic E-state index is 6.17. The van der Waals surface area contributed by atoms with Crippen molar-refractivity contribution in [1.82, 2.24) is 0 Å². The van der Waals surface area contributed by atoms with Gasteiger partial charge in [0.2, 0.25) is 0 Å². The van der Waals surface area contributed by atoms with E-state index in [2.05, 4.69) is 46.8 Å². The molecule has 0 aromatic heterocycles. The van der Waals surface area contributed by atoms with E-state index in [9.17, 15) is 0 Å². The zero-order chi connectivity index (χ0) is 13.5. The Balaban J connectivity index is 1.85. The van der Waals surface area contributed by atoms with Crippen LogP contribution in [-0.4, -0.2) is 6.10 Å². The standard InChI is InChI=1S/C17H23BrO/c1-2-3-6-15-7-4-5-8-17(15)19-13-14-9-11-16(18)12-10-14/h2,9-12,15,17H,1,3-8,13H2/t15-,17-/m1/s1. The molecule has 1 aromatic carbocycles. The predicted octanol–water partition coefficient (Wildman–Crippen LogP) is 5.49. The minimum absolute atomic E-state index is 0.442. The van der Waals surface area contributed by atoms with Gasteiger partial charge in [-0.3, -0.25) is 0 Å².